The fourth-order valence-corrected chi connectivity index (χ4v) is 1.64. The van der Waals surface area contributed by atoms with Crippen LogP contribution in [0.25, 0.3) is 0 Å². The summed E-state index contributed by atoms with van der Waals surface area (Å²) in [7, 11) is 0. The van der Waals surface area contributed by atoms with Gasteiger partial charge in [0.15, 0.2) is 17.3 Å². The number of benzene rings is 2. The lowest BCUT2D eigenvalue weighted by atomic mass is 10.1. The third kappa shape index (κ3) is 3.31. The van der Waals surface area contributed by atoms with Crippen molar-refractivity contribution in [2.75, 3.05) is 0 Å². The van der Waals surface area contributed by atoms with E-state index in [0.29, 0.717) is 5.56 Å². The molecule has 0 aliphatic carbocycles. The van der Waals surface area contributed by atoms with Crippen molar-refractivity contribution in [1.29, 1.82) is 0 Å². The van der Waals surface area contributed by atoms with E-state index in [1.165, 1.54) is 19.1 Å². The molecule has 0 aliphatic heterocycles. The zero-order valence-corrected chi connectivity index (χ0v) is 10.4. The highest BCUT2D eigenvalue weighted by atomic mass is 19.1. The van der Waals surface area contributed by atoms with Crippen LogP contribution in [0.5, 0.6) is 11.5 Å². The van der Waals surface area contributed by atoms with E-state index >= 15 is 0 Å². The van der Waals surface area contributed by atoms with Crippen molar-refractivity contribution in [3.05, 3.63) is 59.4 Å². The predicted molar refractivity (Wildman–Crippen MR) is 68.8 cm³/mol. The average Bonchev–Trinajstić information content (AvgIpc) is 2.37. The van der Waals surface area contributed by atoms with Crippen LogP contribution in [-0.4, -0.2) is 10.9 Å². The number of hydrogen-bond donors (Lipinski definition) is 1. The Morgan fingerprint density at radius 2 is 2.05 bits per heavy atom. The molecular formula is C15H13FO3. The van der Waals surface area contributed by atoms with Gasteiger partial charge in [0.05, 0.1) is 0 Å². The molecule has 0 saturated heterocycles. The highest BCUT2D eigenvalue weighted by Crippen LogP contribution is 2.20. The Balaban J connectivity index is 2.10. The summed E-state index contributed by atoms with van der Waals surface area (Å²) in [6, 6.07) is 10.6. The minimum Gasteiger partial charge on any atom is -0.508 e. The van der Waals surface area contributed by atoms with Crippen LogP contribution in [0.4, 0.5) is 4.39 Å². The number of carbonyl (C=O) groups excluding carboxylic acids is 1. The molecule has 2 aromatic carbocycles. The first-order valence-electron chi connectivity index (χ1n) is 5.77. The Hall–Kier alpha value is -2.36. The molecule has 0 aliphatic rings. The maximum atomic E-state index is 13.7. The molecule has 0 atom stereocenters. The number of Topliss-reactive ketones (excluding diaryl/α,β-unsaturated/α-hetero) is 1. The molecule has 0 aromatic heterocycles. The summed E-state index contributed by atoms with van der Waals surface area (Å²) < 4.78 is 19.0. The van der Waals surface area contributed by atoms with E-state index in [1.54, 1.807) is 24.3 Å². The first-order chi connectivity index (χ1) is 9.06. The number of rotatable bonds is 4. The summed E-state index contributed by atoms with van der Waals surface area (Å²) in [5, 5.41) is 9.30. The van der Waals surface area contributed by atoms with Gasteiger partial charge < -0.3 is 9.84 Å². The Labute approximate surface area is 110 Å². The van der Waals surface area contributed by atoms with Crippen molar-refractivity contribution in [2.45, 2.75) is 13.5 Å². The highest BCUT2D eigenvalue weighted by Gasteiger charge is 2.07. The molecule has 19 heavy (non-hydrogen) atoms. The minimum absolute atomic E-state index is 0.0772. The number of aromatic hydroxyl groups is 1. The molecule has 1 N–H and O–H groups in total. The smallest absolute Gasteiger partial charge is 0.165 e. The fraction of sp³-hybridized carbons (Fsp3) is 0.133. The number of phenolic OH excluding ortho intramolecular Hbond substituents is 1. The quantitative estimate of drug-likeness (QED) is 0.858. The zero-order chi connectivity index (χ0) is 13.8. The molecule has 0 spiro atoms. The normalized spacial score (nSPS) is 10.2. The SMILES string of the molecule is CC(=O)c1ccc(OCc2cccc(O)c2)c(F)c1. The van der Waals surface area contributed by atoms with E-state index in [2.05, 4.69) is 0 Å². The van der Waals surface area contributed by atoms with Gasteiger partial charge in [-0.1, -0.05) is 12.1 Å². The molecule has 0 amide bonds. The molecule has 98 valence electrons. The summed E-state index contributed by atoms with van der Waals surface area (Å²) >= 11 is 0. The highest BCUT2D eigenvalue weighted by molar-refractivity contribution is 5.94. The predicted octanol–water partition coefficient (Wildman–Crippen LogP) is 3.31. The summed E-state index contributed by atoms with van der Waals surface area (Å²) in [6.07, 6.45) is 0. The standard InChI is InChI=1S/C15H13FO3/c1-10(17)12-5-6-15(14(16)8-12)19-9-11-3-2-4-13(18)7-11/h2-8,18H,9H2,1H3. The minimum atomic E-state index is -0.576. The largest absolute Gasteiger partial charge is 0.508 e. The van der Waals surface area contributed by atoms with Gasteiger partial charge in [-0.05, 0) is 42.8 Å². The molecule has 0 radical (unpaired) electrons. The van der Waals surface area contributed by atoms with E-state index in [0.717, 1.165) is 11.6 Å². The van der Waals surface area contributed by atoms with E-state index < -0.39 is 5.82 Å². The summed E-state index contributed by atoms with van der Waals surface area (Å²) in [5.41, 5.74) is 1.04. The third-order valence-corrected chi connectivity index (χ3v) is 2.64. The molecule has 0 bridgehead atoms. The van der Waals surface area contributed by atoms with Gasteiger partial charge in [-0.15, -0.1) is 0 Å². The van der Waals surface area contributed by atoms with Gasteiger partial charge in [-0.25, -0.2) is 4.39 Å². The van der Waals surface area contributed by atoms with Crippen molar-refractivity contribution < 1.29 is 19.0 Å². The lowest BCUT2D eigenvalue weighted by Crippen LogP contribution is -1.99. The number of phenols is 1. The van der Waals surface area contributed by atoms with Crippen molar-refractivity contribution in [2.24, 2.45) is 0 Å². The number of carbonyl (C=O) groups is 1. The van der Waals surface area contributed by atoms with E-state index in [9.17, 15) is 14.3 Å². The van der Waals surface area contributed by atoms with Crippen LogP contribution in [0.3, 0.4) is 0 Å². The molecule has 0 fully saturated rings. The second kappa shape index (κ2) is 5.52. The molecule has 3 nitrogen and oxygen atoms in total. The Bertz CT molecular complexity index is 608. The van der Waals surface area contributed by atoms with Crippen LogP contribution in [0.15, 0.2) is 42.5 Å². The maximum absolute atomic E-state index is 13.7. The van der Waals surface area contributed by atoms with Gasteiger partial charge in [-0.2, -0.15) is 0 Å². The molecule has 0 unspecified atom stereocenters. The Morgan fingerprint density at radius 1 is 1.26 bits per heavy atom. The Morgan fingerprint density at radius 3 is 2.68 bits per heavy atom. The zero-order valence-electron chi connectivity index (χ0n) is 10.4. The van der Waals surface area contributed by atoms with Crippen LogP contribution in [0.1, 0.15) is 22.8 Å². The van der Waals surface area contributed by atoms with Crippen molar-refractivity contribution in [3.8, 4) is 11.5 Å². The Kier molecular flexibility index (Phi) is 3.80. The van der Waals surface area contributed by atoms with Gasteiger partial charge in [0.25, 0.3) is 0 Å². The number of ether oxygens (including phenoxy) is 1. The molecule has 0 heterocycles. The first kappa shape index (κ1) is 13.1. The van der Waals surface area contributed by atoms with Gasteiger partial charge in [0.2, 0.25) is 0 Å². The van der Waals surface area contributed by atoms with E-state index in [-0.39, 0.29) is 23.9 Å². The van der Waals surface area contributed by atoms with Crippen LogP contribution in [0, 0.1) is 5.82 Å². The van der Waals surface area contributed by atoms with Crippen molar-refractivity contribution in [3.63, 3.8) is 0 Å². The number of halogens is 1. The lowest BCUT2D eigenvalue weighted by Gasteiger charge is -2.08. The molecule has 2 rings (SSSR count). The van der Waals surface area contributed by atoms with Crippen LogP contribution >= 0.6 is 0 Å². The van der Waals surface area contributed by atoms with E-state index in [1.807, 2.05) is 0 Å². The molecule has 4 heteroatoms. The molecule has 2 aromatic rings. The van der Waals surface area contributed by atoms with Gasteiger partial charge in [-0.3, -0.25) is 4.79 Å². The fourth-order valence-electron chi connectivity index (χ4n) is 1.64. The number of hydrogen-bond acceptors (Lipinski definition) is 3. The van der Waals surface area contributed by atoms with Gasteiger partial charge in [0, 0.05) is 5.56 Å². The monoisotopic (exact) mass is 260 g/mol. The van der Waals surface area contributed by atoms with Crippen molar-refractivity contribution in [1.82, 2.24) is 0 Å². The summed E-state index contributed by atoms with van der Waals surface area (Å²) in [4.78, 5) is 11.1. The molecular weight excluding hydrogens is 247 g/mol. The molecule has 0 saturated carbocycles. The van der Waals surface area contributed by atoms with Crippen LogP contribution in [0.2, 0.25) is 0 Å². The summed E-state index contributed by atoms with van der Waals surface area (Å²) in [5.74, 6) is -0.562. The second-order valence-electron chi connectivity index (χ2n) is 4.16. The topological polar surface area (TPSA) is 46.5 Å². The average molecular weight is 260 g/mol. The van der Waals surface area contributed by atoms with Crippen LogP contribution < -0.4 is 4.74 Å². The first-order valence-corrected chi connectivity index (χ1v) is 5.77. The van der Waals surface area contributed by atoms with E-state index in [4.69, 9.17) is 4.74 Å². The van der Waals surface area contributed by atoms with Gasteiger partial charge in [0.1, 0.15) is 12.4 Å². The van der Waals surface area contributed by atoms with Crippen molar-refractivity contribution >= 4 is 5.78 Å². The van der Waals surface area contributed by atoms with Gasteiger partial charge >= 0.3 is 0 Å². The second-order valence-corrected chi connectivity index (χ2v) is 4.16. The maximum Gasteiger partial charge on any atom is 0.165 e. The van der Waals surface area contributed by atoms with Crippen LogP contribution in [-0.2, 0) is 6.61 Å². The number of ketones is 1. The lowest BCUT2D eigenvalue weighted by molar-refractivity contribution is 0.101. The summed E-state index contributed by atoms with van der Waals surface area (Å²) in [6.45, 7) is 1.52. The third-order valence-electron chi connectivity index (χ3n) is 2.64.